The van der Waals surface area contributed by atoms with Crippen LogP contribution in [0.5, 0.6) is 0 Å². The molecule has 0 aliphatic rings. The van der Waals surface area contributed by atoms with E-state index in [9.17, 15) is 4.79 Å². The molecule has 0 spiro atoms. The average Bonchev–Trinajstić information content (AvgIpc) is 3.15. The maximum absolute atomic E-state index is 12.3. The normalized spacial score (nSPS) is 10.5. The fraction of sp³-hybridized carbons (Fsp3) is 0.0476. The molecule has 0 unspecified atom stereocenters. The van der Waals surface area contributed by atoms with Gasteiger partial charge in [-0.1, -0.05) is 23.4 Å². The molecule has 2 N–H and O–H groups in total. The van der Waals surface area contributed by atoms with Gasteiger partial charge in [0.15, 0.2) is 0 Å². The monoisotopic (exact) mass is 371 g/mol. The first-order valence-corrected chi connectivity index (χ1v) is 8.66. The van der Waals surface area contributed by atoms with Gasteiger partial charge in [0.1, 0.15) is 23.0 Å². The van der Waals surface area contributed by atoms with Crippen LogP contribution in [0.4, 0.5) is 17.3 Å². The summed E-state index contributed by atoms with van der Waals surface area (Å²) in [5, 5.41) is 9.66. The van der Waals surface area contributed by atoms with Crippen molar-refractivity contribution in [2.75, 3.05) is 10.6 Å². The zero-order valence-electron chi connectivity index (χ0n) is 15.1. The number of amides is 1. The third kappa shape index (κ3) is 3.88. The zero-order chi connectivity index (χ0) is 19.3. The second-order valence-corrected chi connectivity index (χ2v) is 6.10. The van der Waals surface area contributed by atoms with Gasteiger partial charge in [0, 0.05) is 18.1 Å². The number of hydrogen-bond donors (Lipinski definition) is 2. The van der Waals surface area contributed by atoms with Gasteiger partial charge in [0.2, 0.25) is 0 Å². The molecule has 0 fully saturated rings. The Morgan fingerprint density at radius 1 is 0.929 bits per heavy atom. The van der Waals surface area contributed by atoms with Crippen LogP contribution in [0.3, 0.4) is 0 Å². The number of carbonyl (C=O) groups is 1. The third-order valence-electron chi connectivity index (χ3n) is 4.14. The first-order chi connectivity index (χ1) is 13.7. The van der Waals surface area contributed by atoms with Gasteiger partial charge >= 0.3 is 0 Å². The highest BCUT2D eigenvalue weighted by atomic mass is 16.5. The molecule has 0 aliphatic carbocycles. The summed E-state index contributed by atoms with van der Waals surface area (Å²) in [7, 11) is 0. The van der Waals surface area contributed by atoms with E-state index in [0.29, 0.717) is 17.1 Å². The minimum absolute atomic E-state index is 0.315. The van der Waals surface area contributed by atoms with E-state index in [1.807, 2.05) is 54.6 Å². The van der Waals surface area contributed by atoms with Crippen LogP contribution in [-0.2, 0) is 0 Å². The van der Waals surface area contributed by atoms with Crippen molar-refractivity contribution in [3.05, 3.63) is 84.5 Å². The lowest BCUT2D eigenvalue weighted by Crippen LogP contribution is -2.13. The van der Waals surface area contributed by atoms with Crippen molar-refractivity contribution in [2.24, 2.45) is 0 Å². The van der Waals surface area contributed by atoms with Gasteiger partial charge in [-0.15, -0.1) is 0 Å². The van der Waals surface area contributed by atoms with Crippen LogP contribution in [0.1, 0.15) is 16.1 Å². The first kappa shape index (κ1) is 17.4. The molecule has 0 bridgehead atoms. The van der Waals surface area contributed by atoms with Crippen molar-refractivity contribution in [1.82, 2.24) is 15.1 Å². The van der Waals surface area contributed by atoms with Crippen LogP contribution in [-0.4, -0.2) is 21.0 Å². The number of para-hydroxylation sites is 1. The summed E-state index contributed by atoms with van der Waals surface area (Å²) in [6.07, 6.45) is 4.77. The molecule has 1 aromatic carbocycles. The van der Waals surface area contributed by atoms with E-state index in [4.69, 9.17) is 4.52 Å². The number of hydrogen-bond acceptors (Lipinski definition) is 6. The Morgan fingerprint density at radius 2 is 1.61 bits per heavy atom. The molecule has 3 aromatic heterocycles. The molecule has 7 heteroatoms. The number of aromatic nitrogens is 3. The van der Waals surface area contributed by atoms with E-state index in [1.165, 1.54) is 6.20 Å². The standard InChI is InChI=1S/C21H17N5O2/c1-14-18(13-24-28-14)21(27)26-20-12-16(8-10-23-20)15-7-9-22-19(11-15)25-17-5-3-2-4-6-17/h2-13H,1H3,(H,22,25)(H,23,26,27). The van der Waals surface area contributed by atoms with Gasteiger partial charge in [-0.2, -0.15) is 0 Å². The minimum Gasteiger partial charge on any atom is -0.361 e. The molecule has 1 amide bonds. The average molecular weight is 371 g/mol. The Labute approximate surface area is 161 Å². The fourth-order valence-electron chi connectivity index (χ4n) is 2.73. The van der Waals surface area contributed by atoms with Gasteiger partial charge < -0.3 is 15.2 Å². The molecule has 0 radical (unpaired) electrons. The highest BCUT2D eigenvalue weighted by Crippen LogP contribution is 2.24. The van der Waals surface area contributed by atoms with Crippen LogP contribution >= 0.6 is 0 Å². The molecule has 7 nitrogen and oxygen atoms in total. The number of aryl methyl sites for hydroxylation is 1. The SMILES string of the molecule is Cc1oncc1C(=O)Nc1cc(-c2ccnc(Nc3ccccc3)c2)ccn1. The Morgan fingerprint density at radius 3 is 2.29 bits per heavy atom. The molecule has 138 valence electrons. The second kappa shape index (κ2) is 7.71. The van der Waals surface area contributed by atoms with Crippen molar-refractivity contribution in [2.45, 2.75) is 6.92 Å². The smallest absolute Gasteiger partial charge is 0.262 e. The van der Waals surface area contributed by atoms with E-state index in [-0.39, 0.29) is 5.91 Å². The van der Waals surface area contributed by atoms with E-state index >= 15 is 0 Å². The van der Waals surface area contributed by atoms with E-state index in [1.54, 1.807) is 19.3 Å². The van der Waals surface area contributed by atoms with Crippen molar-refractivity contribution in [1.29, 1.82) is 0 Å². The van der Waals surface area contributed by atoms with Crippen LogP contribution in [0.25, 0.3) is 11.1 Å². The van der Waals surface area contributed by atoms with Gasteiger partial charge in [-0.3, -0.25) is 4.79 Å². The number of rotatable bonds is 5. The lowest BCUT2D eigenvalue weighted by molar-refractivity contribution is 0.102. The summed E-state index contributed by atoms with van der Waals surface area (Å²) in [5.41, 5.74) is 3.20. The Hall–Kier alpha value is -4.00. The first-order valence-electron chi connectivity index (χ1n) is 8.66. The number of nitrogens with zero attached hydrogens (tertiary/aromatic N) is 3. The van der Waals surface area contributed by atoms with E-state index in [2.05, 4.69) is 25.8 Å². The highest BCUT2D eigenvalue weighted by molar-refractivity contribution is 6.04. The summed E-state index contributed by atoms with van der Waals surface area (Å²) in [6.45, 7) is 1.68. The van der Waals surface area contributed by atoms with Gasteiger partial charge in [0.25, 0.3) is 5.91 Å². The van der Waals surface area contributed by atoms with Crippen molar-refractivity contribution >= 4 is 23.2 Å². The molecular weight excluding hydrogens is 354 g/mol. The summed E-state index contributed by atoms with van der Waals surface area (Å²) in [4.78, 5) is 20.9. The largest absolute Gasteiger partial charge is 0.361 e. The van der Waals surface area contributed by atoms with Gasteiger partial charge in [0.05, 0.1) is 6.20 Å². The third-order valence-corrected chi connectivity index (χ3v) is 4.14. The number of benzene rings is 1. The zero-order valence-corrected chi connectivity index (χ0v) is 15.1. The van der Waals surface area contributed by atoms with Crippen molar-refractivity contribution in [3.8, 4) is 11.1 Å². The minimum atomic E-state index is -0.315. The lowest BCUT2D eigenvalue weighted by atomic mass is 10.1. The van der Waals surface area contributed by atoms with Crippen LogP contribution in [0, 0.1) is 6.92 Å². The Bertz CT molecular complexity index is 1110. The van der Waals surface area contributed by atoms with E-state index in [0.717, 1.165) is 22.6 Å². The van der Waals surface area contributed by atoms with Crippen molar-refractivity contribution < 1.29 is 9.32 Å². The van der Waals surface area contributed by atoms with Gasteiger partial charge in [-0.05, 0) is 54.4 Å². The predicted octanol–water partition coefficient (Wildman–Crippen LogP) is 4.44. The van der Waals surface area contributed by atoms with Crippen LogP contribution < -0.4 is 10.6 Å². The molecule has 3 heterocycles. The lowest BCUT2D eigenvalue weighted by Gasteiger charge is -2.09. The maximum Gasteiger partial charge on any atom is 0.262 e. The Kier molecular flexibility index (Phi) is 4.79. The van der Waals surface area contributed by atoms with Crippen LogP contribution in [0.15, 0.2) is 77.7 Å². The predicted molar refractivity (Wildman–Crippen MR) is 106 cm³/mol. The second-order valence-electron chi connectivity index (χ2n) is 6.10. The Balaban J connectivity index is 1.55. The number of nitrogens with one attached hydrogen (secondary N) is 2. The van der Waals surface area contributed by atoms with Crippen molar-refractivity contribution in [3.63, 3.8) is 0 Å². The summed E-state index contributed by atoms with van der Waals surface area (Å²) in [6, 6.07) is 17.4. The number of pyridine rings is 2. The molecule has 4 aromatic rings. The molecular formula is C21H17N5O2. The summed E-state index contributed by atoms with van der Waals surface area (Å²) >= 11 is 0. The molecule has 0 saturated heterocycles. The van der Waals surface area contributed by atoms with Gasteiger partial charge in [-0.25, -0.2) is 9.97 Å². The summed E-state index contributed by atoms with van der Waals surface area (Å²) in [5.74, 6) is 1.31. The number of anilines is 3. The highest BCUT2D eigenvalue weighted by Gasteiger charge is 2.14. The summed E-state index contributed by atoms with van der Waals surface area (Å²) < 4.78 is 4.93. The molecule has 0 aliphatic heterocycles. The number of carbonyl (C=O) groups excluding carboxylic acids is 1. The molecule has 28 heavy (non-hydrogen) atoms. The fourth-order valence-corrected chi connectivity index (χ4v) is 2.73. The van der Waals surface area contributed by atoms with E-state index < -0.39 is 0 Å². The molecule has 0 atom stereocenters. The quantitative estimate of drug-likeness (QED) is 0.539. The van der Waals surface area contributed by atoms with Crippen LogP contribution in [0.2, 0.25) is 0 Å². The molecule has 0 saturated carbocycles. The topological polar surface area (TPSA) is 92.9 Å². The molecule has 4 rings (SSSR count). The maximum atomic E-state index is 12.3.